The van der Waals surface area contributed by atoms with Gasteiger partial charge >= 0.3 is 0 Å². The second-order valence-electron chi connectivity index (χ2n) is 4.97. The Morgan fingerprint density at radius 3 is 2.79 bits per heavy atom. The number of ether oxygens (including phenoxy) is 1. The molecule has 1 fully saturated rings. The van der Waals surface area contributed by atoms with E-state index >= 15 is 0 Å². The van der Waals surface area contributed by atoms with Gasteiger partial charge in [-0.3, -0.25) is 4.79 Å². The largest absolute Gasteiger partial charge is 0.388 e. The first-order chi connectivity index (χ1) is 9.00. The predicted octanol–water partition coefficient (Wildman–Crippen LogP) is 0.277. The average Bonchev–Trinajstić information content (AvgIpc) is 2.39. The fourth-order valence-electron chi connectivity index (χ4n) is 2.17. The van der Waals surface area contributed by atoms with Crippen LogP contribution in [0.3, 0.4) is 0 Å². The summed E-state index contributed by atoms with van der Waals surface area (Å²) in [4.78, 5) is 17.6. The number of carbonyl (C=O) groups is 1. The van der Waals surface area contributed by atoms with Gasteiger partial charge in [-0.2, -0.15) is 0 Å². The molecule has 1 aromatic heterocycles. The molecule has 1 amide bonds. The van der Waals surface area contributed by atoms with Crippen molar-refractivity contribution in [3.05, 3.63) is 23.9 Å². The second kappa shape index (κ2) is 5.54. The van der Waals surface area contributed by atoms with Gasteiger partial charge in [0.2, 0.25) is 0 Å². The van der Waals surface area contributed by atoms with Crippen molar-refractivity contribution in [2.75, 3.05) is 32.5 Å². The van der Waals surface area contributed by atoms with E-state index in [1.807, 2.05) is 0 Å². The summed E-state index contributed by atoms with van der Waals surface area (Å²) >= 11 is 0. The molecule has 1 saturated heterocycles. The number of likely N-dealkylation sites (N-methyl/N-ethyl adjacent to an activating group) is 1. The Balaban J connectivity index is 2.00. The van der Waals surface area contributed by atoms with E-state index < -0.39 is 5.60 Å². The van der Waals surface area contributed by atoms with Crippen LogP contribution in [0.25, 0.3) is 0 Å². The number of nitrogen functional groups attached to an aromatic ring is 1. The molecular formula is C13H19N3O3. The van der Waals surface area contributed by atoms with E-state index in [2.05, 4.69) is 4.98 Å². The number of aromatic nitrogens is 1. The van der Waals surface area contributed by atoms with Crippen molar-refractivity contribution in [1.29, 1.82) is 0 Å². The van der Waals surface area contributed by atoms with Gasteiger partial charge in [0.15, 0.2) is 0 Å². The van der Waals surface area contributed by atoms with E-state index in [1.54, 1.807) is 19.2 Å². The first-order valence-corrected chi connectivity index (χ1v) is 6.27. The van der Waals surface area contributed by atoms with E-state index in [9.17, 15) is 9.90 Å². The van der Waals surface area contributed by atoms with E-state index in [1.165, 1.54) is 11.1 Å². The molecule has 0 radical (unpaired) electrons. The van der Waals surface area contributed by atoms with Gasteiger partial charge in [0.25, 0.3) is 5.91 Å². The molecule has 6 heteroatoms. The van der Waals surface area contributed by atoms with Crippen molar-refractivity contribution in [3.63, 3.8) is 0 Å². The number of hydrogen-bond donors (Lipinski definition) is 2. The van der Waals surface area contributed by atoms with Crippen LogP contribution in [0.4, 0.5) is 5.82 Å². The predicted molar refractivity (Wildman–Crippen MR) is 70.6 cm³/mol. The summed E-state index contributed by atoms with van der Waals surface area (Å²) in [7, 11) is 1.67. The first-order valence-electron chi connectivity index (χ1n) is 6.27. The number of nitrogens with zero attached hydrogens (tertiary/aromatic N) is 2. The highest BCUT2D eigenvalue weighted by atomic mass is 16.5. The van der Waals surface area contributed by atoms with Gasteiger partial charge in [0.1, 0.15) is 5.82 Å². The lowest BCUT2D eigenvalue weighted by atomic mass is 9.94. The summed E-state index contributed by atoms with van der Waals surface area (Å²) in [5.74, 6) is 0.203. The molecule has 6 nitrogen and oxygen atoms in total. The Bertz CT molecular complexity index is 441. The molecule has 2 rings (SSSR count). The number of hydrogen-bond acceptors (Lipinski definition) is 5. The highest BCUT2D eigenvalue weighted by Crippen LogP contribution is 2.21. The minimum Gasteiger partial charge on any atom is -0.388 e. The van der Waals surface area contributed by atoms with E-state index in [0.717, 1.165) is 0 Å². The molecule has 104 valence electrons. The van der Waals surface area contributed by atoms with Crippen LogP contribution in [-0.2, 0) is 4.74 Å². The lowest BCUT2D eigenvalue weighted by Gasteiger charge is -2.35. The number of aliphatic hydroxyl groups is 1. The molecule has 0 spiro atoms. The lowest BCUT2D eigenvalue weighted by molar-refractivity contribution is -0.0734. The third kappa shape index (κ3) is 3.42. The van der Waals surface area contributed by atoms with Crippen LogP contribution in [0.1, 0.15) is 23.2 Å². The normalized spacial score (nSPS) is 18.0. The Morgan fingerprint density at radius 2 is 2.21 bits per heavy atom. The summed E-state index contributed by atoms with van der Waals surface area (Å²) in [6, 6.07) is 3.22. The van der Waals surface area contributed by atoms with Crippen molar-refractivity contribution in [2.45, 2.75) is 18.4 Å². The average molecular weight is 265 g/mol. The molecule has 0 unspecified atom stereocenters. The maximum absolute atomic E-state index is 12.2. The van der Waals surface area contributed by atoms with Crippen molar-refractivity contribution < 1.29 is 14.6 Å². The molecule has 1 aliphatic rings. The van der Waals surface area contributed by atoms with E-state index in [4.69, 9.17) is 10.5 Å². The van der Waals surface area contributed by atoms with Crippen LogP contribution in [0.5, 0.6) is 0 Å². The smallest absolute Gasteiger partial charge is 0.255 e. The van der Waals surface area contributed by atoms with Crippen molar-refractivity contribution in [1.82, 2.24) is 9.88 Å². The molecule has 2 heterocycles. The monoisotopic (exact) mass is 265 g/mol. The number of nitrogens with two attached hydrogens (primary N) is 1. The van der Waals surface area contributed by atoms with Crippen molar-refractivity contribution in [2.24, 2.45) is 0 Å². The number of anilines is 1. The van der Waals surface area contributed by atoms with Crippen LogP contribution >= 0.6 is 0 Å². The summed E-state index contributed by atoms with van der Waals surface area (Å²) in [5, 5.41) is 10.4. The van der Waals surface area contributed by atoms with Gasteiger partial charge in [0.05, 0.1) is 11.2 Å². The highest BCUT2D eigenvalue weighted by molar-refractivity contribution is 5.93. The molecule has 1 aromatic rings. The zero-order valence-electron chi connectivity index (χ0n) is 11.0. The summed E-state index contributed by atoms with van der Waals surface area (Å²) in [5.41, 5.74) is 5.09. The van der Waals surface area contributed by atoms with Gasteiger partial charge in [-0.15, -0.1) is 0 Å². The molecule has 0 aromatic carbocycles. The van der Waals surface area contributed by atoms with Gasteiger partial charge in [-0.1, -0.05) is 0 Å². The van der Waals surface area contributed by atoms with Crippen LogP contribution < -0.4 is 5.73 Å². The summed E-state index contributed by atoms with van der Waals surface area (Å²) in [6.07, 6.45) is 2.54. The fourth-order valence-corrected chi connectivity index (χ4v) is 2.17. The van der Waals surface area contributed by atoms with Crippen molar-refractivity contribution in [3.8, 4) is 0 Å². The molecule has 0 saturated carbocycles. The topological polar surface area (TPSA) is 88.7 Å². The number of rotatable bonds is 3. The molecule has 0 bridgehead atoms. The van der Waals surface area contributed by atoms with Crippen molar-refractivity contribution >= 4 is 11.7 Å². The van der Waals surface area contributed by atoms with Crippen LogP contribution in [0, 0.1) is 0 Å². The van der Waals surface area contributed by atoms with E-state index in [-0.39, 0.29) is 5.91 Å². The van der Waals surface area contributed by atoms with Crippen LogP contribution in [0.15, 0.2) is 18.3 Å². The maximum Gasteiger partial charge on any atom is 0.255 e. The number of carbonyl (C=O) groups excluding carboxylic acids is 1. The minimum absolute atomic E-state index is 0.174. The molecule has 19 heavy (non-hydrogen) atoms. The second-order valence-corrected chi connectivity index (χ2v) is 4.97. The van der Waals surface area contributed by atoms with E-state index in [0.29, 0.717) is 44.0 Å². The SMILES string of the molecule is CN(CC1(O)CCOCC1)C(=O)c1ccc(N)nc1. The number of amides is 1. The Morgan fingerprint density at radius 1 is 1.53 bits per heavy atom. The molecular weight excluding hydrogens is 246 g/mol. The Hall–Kier alpha value is -1.66. The third-order valence-corrected chi connectivity index (χ3v) is 3.34. The quantitative estimate of drug-likeness (QED) is 0.819. The Labute approximate surface area is 112 Å². The van der Waals surface area contributed by atoms with Gasteiger partial charge in [0, 0.05) is 45.8 Å². The van der Waals surface area contributed by atoms with Gasteiger partial charge in [-0.05, 0) is 12.1 Å². The maximum atomic E-state index is 12.2. The zero-order valence-corrected chi connectivity index (χ0v) is 11.0. The lowest BCUT2D eigenvalue weighted by Crippen LogP contribution is -2.47. The highest BCUT2D eigenvalue weighted by Gasteiger charge is 2.32. The van der Waals surface area contributed by atoms with Gasteiger partial charge in [-0.25, -0.2) is 4.98 Å². The first kappa shape index (κ1) is 13.8. The molecule has 1 aliphatic heterocycles. The summed E-state index contributed by atoms with van der Waals surface area (Å²) in [6.45, 7) is 1.35. The third-order valence-electron chi connectivity index (χ3n) is 3.34. The minimum atomic E-state index is -0.857. The molecule has 0 atom stereocenters. The van der Waals surface area contributed by atoms with Crippen LogP contribution in [0.2, 0.25) is 0 Å². The molecule has 0 aliphatic carbocycles. The summed E-state index contributed by atoms with van der Waals surface area (Å²) < 4.78 is 5.22. The van der Waals surface area contributed by atoms with Crippen LogP contribution in [-0.4, -0.2) is 53.3 Å². The zero-order chi connectivity index (χ0) is 13.9. The fraction of sp³-hybridized carbons (Fsp3) is 0.538. The standard InChI is InChI=1S/C13H19N3O3/c1-16(9-13(18)4-6-19-7-5-13)12(17)10-2-3-11(14)15-8-10/h2-3,8,18H,4-7,9H2,1H3,(H2,14,15). The Kier molecular flexibility index (Phi) is 4.01. The van der Waals surface area contributed by atoms with Gasteiger partial charge < -0.3 is 20.5 Å². The molecule has 3 N–H and O–H groups in total. The number of pyridine rings is 1.